The molecule has 1 aliphatic rings. The maximum absolute atomic E-state index is 12.3. The van der Waals surface area contributed by atoms with Gasteiger partial charge in [-0.3, -0.25) is 4.79 Å². The summed E-state index contributed by atoms with van der Waals surface area (Å²) in [5, 5.41) is 9.87. The average molecular weight is 394 g/mol. The standard InChI is InChI=1S/C21H18N2O4S/c1-4-27-21(26)20(17(25)9-10-24)13-5-7-15-18(11-13)28-19-12-14(23(2)3)6-8-16(19)22-15/h5-8,11-12,24H,4H2,1-3H3/b20-13-. The SMILES string of the molecule is CCOC(=O)/C(C(=O)C#CO)=c1/ccc2c(c1)Sc1cc(N(C)C)ccc1N=2. The monoisotopic (exact) mass is 394 g/mol. The van der Waals surface area contributed by atoms with Crippen LogP contribution in [0, 0.1) is 12.0 Å². The summed E-state index contributed by atoms with van der Waals surface area (Å²) in [6, 6.07) is 11.1. The van der Waals surface area contributed by atoms with Crippen LogP contribution in [0.15, 0.2) is 51.2 Å². The number of carbonyl (C=O) groups is 2. The first-order valence-electron chi connectivity index (χ1n) is 8.53. The van der Waals surface area contributed by atoms with Crippen molar-refractivity contribution in [3.63, 3.8) is 0 Å². The third-order valence-electron chi connectivity index (χ3n) is 4.05. The molecule has 142 valence electrons. The van der Waals surface area contributed by atoms with Gasteiger partial charge in [0.05, 0.1) is 17.7 Å². The van der Waals surface area contributed by atoms with Gasteiger partial charge >= 0.3 is 5.97 Å². The molecule has 0 radical (unpaired) electrons. The van der Waals surface area contributed by atoms with Gasteiger partial charge in [-0.25, -0.2) is 9.79 Å². The normalized spacial score (nSPS) is 12.4. The Kier molecular flexibility index (Phi) is 5.71. The minimum absolute atomic E-state index is 0.123. The molecule has 0 saturated heterocycles. The van der Waals surface area contributed by atoms with Gasteiger partial charge in [0.15, 0.2) is 0 Å². The summed E-state index contributed by atoms with van der Waals surface area (Å²) in [6.07, 6.45) is 1.55. The van der Waals surface area contributed by atoms with Gasteiger partial charge in [-0.1, -0.05) is 17.8 Å². The van der Waals surface area contributed by atoms with Crippen molar-refractivity contribution in [3.05, 3.63) is 47.0 Å². The zero-order valence-electron chi connectivity index (χ0n) is 15.6. The summed E-state index contributed by atoms with van der Waals surface area (Å²) in [7, 11) is 3.93. The highest BCUT2D eigenvalue weighted by Gasteiger charge is 2.20. The average Bonchev–Trinajstić information content (AvgIpc) is 2.66. The Bertz CT molecular complexity index is 1140. The number of fused-ring (bicyclic) bond motifs is 2. The number of aliphatic hydroxyl groups is 1. The van der Waals surface area contributed by atoms with Crippen LogP contribution in [0.2, 0.25) is 0 Å². The first-order valence-corrected chi connectivity index (χ1v) is 9.35. The lowest BCUT2D eigenvalue weighted by Crippen LogP contribution is -2.24. The van der Waals surface area contributed by atoms with Crippen molar-refractivity contribution >= 4 is 40.5 Å². The Morgan fingerprint density at radius 2 is 1.96 bits per heavy atom. The molecule has 3 rings (SSSR count). The fourth-order valence-electron chi connectivity index (χ4n) is 2.71. The number of hydrogen-bond donors (Lipinski definition) is 1. The van der Waals surface area contributed by atoms with E-state index < -0.39 is 11.8 Å². The maximum atomic E-state index is 12.3. The number of nitrogens with zero attached hydrogens (tertiary/aromatic N) is 2. The molecule has 7 heteroatoms. The number of ketones is 1. The van der Waals surface area contributed by atoms with E-state index in [1.165, 1.54) is 11.8 Å². The third-order valence-corrected chi connectivity index (χ3v) is 5.14. The molecule has 0 saturated carbocycles. The predicted octanol–water partition coefficient (Wildman–Crippen LogP) is 1.78. The summed E-state index contributed by atoms with van der Waals surface area (Å²) in [5.74, 6) is 0.420. The number of carbonyl (C=O) groups excluding carboxylic acids is 2. The van der Waals surface area contributed by atoms with E-state index in [2.05, 4.69) is 4.99 Å². The van der Waals surface area contributed by atoms with Gasteiger partial charge in [-0.2, -0.15) is 0 Å². The lowest BCUT2D eigenvalue weighted by atomic mass is 10.1. The molecule has 1 aliphatic heterocycles. The van der Waals surface area contributed by atoms with Crippen LogP contribution in [0.3, 0.4) is 0 Å². The highest BCUT2D eigenvalue weighted by molar-refractivity contribution is 7.99. The minimum Gasteiger partial charge on any atom is -0.462 e. The molecule has 1 heterocycles. The van der Waals surface area contributed by atoms with E-state index >= 15 is 0 Å². The van der Waals surface area contributed by atoms with Crippen LogP contribution in [0.25, 0.3) is 5.57 Å². The van der Waals surface area contributed by atoms with Crippen LogP contribution in [-0.4, -0.2) is 37.6 Å². The molecule has 2 aromatic carbocycles. The van der Waals surface area contributed by atoms with Gasteiger partial charge in [0, 0.05) is 35.5 Å². The zero-order chi connectivity index (χ0) is 20.3. The molecule has 0 atom stereocenters. The van der Waals surface area contributed by atoms with E-state index in [-0.39, 0.29) is 12.2 Å². The molecule has 0 aromatic heterocycles. The van der Waals surface area contributed by atoms with Crippen molar-refractivity contribution in [2.24, 2.45) is 4.99 Å². The van der Waals surface area contributed by atoms with Crippen molar-refractivity contribution in [3.8, 4) is 12.0 Å². The first kappa shape index (κ1) is 19.5. The van der Waals surface area contributed by atoms with Crippen molar-refractivity contribution in [2.45, 2.75) is 16.7 Å². The zero-order valence-corrected chi connectivity index (χ0v) is 16.5. The number of hydrogen-bond acceptors (Lipinski definition) is 7. The van der Waals surface area contributed by atoms with E-state index in [0.29, 0.717) is 5.22 Å². The van der Waals surface area contributed by atoms with Crippen molar-refractivity contribution in [1.29, 1.82) is 0 Å². The van der Waals surface area contributed by atoms with E-state index in [1.807, 2.05) is 43.1 Å². The summed E-state index contributed by atoms with van der Waals surface area (Å²) >= 11 is 1.51. The Balaban J connectivity index is 2.16. The fraction of sp³-hybridized carbons (Fsp3) is 0.190. The molecule has 1 N–H and O–H groups in total. The number of Topliss-reactive ketones (excluding diaryl/α,β-unsaturated/α-hetero) is 1. The van der Waals surface area contributed by atoms with Crippen LogP contribution < -0.4 is 15.5 Å². The van der Waals surface area contributed by atoms with Crippen LogP contribution in [0.1, 0.15) is 6.92 Å². The summed E-state index contributed by atoms with van der Waals surface area (Å²) in [5.41, 5.74) is 1.71. The predicted molar refractivity (Wildman–Crippen MR) is 107 cm³/mol. The quantitative estimate of drug-likeness (QED) is 0.413. The largest absolute Gasteiger partial charge is 0.462 e. The maximum Gasteiger partial charge on any atom is 0.343 e. The molecule has 6 nitrogen and oxygen atoms in total. The van der Waals surface area contributed by atoms with Crippen LogP contribution in [0.4, 0.5) is 11.4 Å². The fourth-order valence-corrected chi connectivity index (χ4v) is 3.74. The number of anilines is 1. The highest BCUT2D eigenvalue weighted by atomic mass is 32.2. The molecule has 28 heavy (non-hydrogen) atoms. The summed E-state index contributed by atoms with van der Waals surface area (Å²) in [6.45, 7) is 1.77. The lowest BCUT2D eigenvalue weighted by molar-refractivity contribution is -0.137. The second-order valence-corrected chi connectivity index (χ2v) is 7.19. The Morgan fingerprint density at radius 3 is 2.64 bits per heavy atom. The molecule has 0 bridgehead atoms. The first-order chi connectivity index (χ1) is 13.4. The van der Waals surface area contributed by atoms with Crippen molar-refractivity contribution in [1.82, 2.24) is 0 Å². The number of benzene rings is 2. The second kappa shape index (κ2) is 8.19. The van der Waals surface area contributed by atoms with Crippen LogP contribution >= 0.6 is 11.8 Å². The van der Waals surface area contributed by atoms with E-state index in [1.54, 1.807) is 31.2 Å². The van der Waals surface area contributed by atoms with Crippen LogP contribution in [0.5, 0.6) is 0 Å². The summed E-state index contributed by atoms with van der Waals surface area (Å²) in [4.78, 5) is 33.0. The highest BCUT2D eigenvalue weighted by Crippen LogP contribution is 2.38. The molecule has 2 aromatic rings. The molecular weight excluding hydrogens is 376 g/mol. The van der Waals surface area contributed by atoms with Crippen LogP contribution in [-0.2, 0) is 14.3 Å². The lowest BCUT2D eigenvalue weighted by Gasteiger charge is -2.17. The molecule has 0 spiro atoms. The van der Waals surface area contributed by atoms with Gasteiger partial charge in [0.25, 0.3) is 0 Å². The van der Waals surface area contributed by atoms with E-state index in [4.69, 9.17) is 9.84 Å². The van der Waals surface area contributed by atoms with E-state index in [9.17, 15) is 9.59 Å². The third kappa shape index (κ3) is 3.87. The smallest absolute Gasteiger partial charge is 0.343 e. The van der Waals surface area contributed by atoms with Crippen molar-refractivity contribution < 1.29 is 19.4 Å². The molecule has 0 amide bonds. The number of rotatable bonds is 4. The topological polar surface area (TPSA) is 79.2 Å². The Hall–Kier alpha value is -3.24. The minimum atomic E-state index is -0.797. The Labute approximate surface area is 166 Å². The van der Waals surface area contributed by atoms with Gasteiger partial charge in [-0.15, -0.1) is 0 Å². The van der Waals surface area contributed by atoms with Gasteiger partial charge in [-0.05, 0) is 42.5 Å². The summed E-state index contributed by atoms with van der Waals surface area (Å²) < 4.78 is 4.99. The molecule has 0 unspecified atom stereocenters. The molecular formula is C21H18N2O4S. The molecule has 0 fully saturated rings. The number of esters is 1. The van der Waals surface area contributed by atoms with Gasteiger partial charge in [0.2, 0.25) is 5.78 Å². The second-order valence-electron chi connectivity index (χ2n) is 6.10. The van der Waals surface area contributed by atoms with E-state index in [0.717, 1.165) is 26.5 Å². The molecule has 0 aliphatic carbocycles. The van der Waals surface area contributed by atoms with Gasteiger partial charge in [0.1, 0.15) is 11.7 Å². The number of ether oxygens (including phenoxy) is 1. The Morgan fingerprint density at radius 1 is 1.18 bits per heavy atom. The van der Waals surface area contributed by atoms with Crippen molar-refractivity contribution in [2.75, 3.05) is 25.6 Å². The number of aliphatic hydroxyl groups excluding tert-OH is 1. The van der Waals surface area contributed by atoms with Gasteiger partial charge < -0.3 is 14.7 Å².